The van der Waals surface area contributed by atoms with E-state index in [2.05, 4.69) is 10.2 Å². The highest BCUT2D eigenvalue weighted by atomic mass is 16.3. The first-order valence-electron chi connectivity index (χ1n) is 8.51. The summed E-state index contributed by atoms with van der Waals surface area (Å²) in [4.78, 5) is 13.1. The fourth-order valence-corrected chi connectivity index (χ4v) is 3.02. The Bertz CT molecular complexity index is 315. The van der Waals surface area contributed by atoms with Gasteiger partial charge in [0.2, 0.25) is 5.91 Å². The Labute approximate surface area is 133 Å². The lowest BCUT2D eigenvalue weighted by Crippen LogP contribution is -2.45. The summed E-state index contributed by atoms with van der Waals surface area (Å²) in [5.41, 5.74) is 0. The van der Waals surface area contributed by atoms with Gasteiger partial charge >= 0.3 is 0 Å². The first-order valence-corrected chi connectivity index (χ1v) is 8.51. The second-order valence-corrected chi connectivity index (χ2v) is 6.26. The van der Waals surface area contributed by atoms with Crippen LogP contribution in [0.3, 0.4) is 0 Å². The molecule has 130 valence electrons. The molecule has 0 bridgehead atoms. The molecule has 4 N–H and O–H groups in total. The molecule has 0 aromatic carbocycles. The number of nitrogens with one attached hydrogen (secondary N) is 1. The second kappa shape index (κ2) is 10.9. The zero-order valence-corrected chi connectivity index (χ0v) is 13.7. The van der Waals surface area contributed by atoms with E-state index in [9.17, 15) is 15.0 Å². The van der Waals surface area contributed by atoms with Crippen LogP contribution < -0.4 is 5.32 Å². The second-order valence-electron chi connectivity index (χ2n) is 6.26. The van der Waals surface area contributed by atoms with Crippen molar-refractivity contribution in [3.63, 3.8) is 0 Å². The van der Waals surface area contributed by atoms with E-state index in [0.717, 1.165) is 32.2 Å². The quantitative estimate of drug-likeness (QED) is 0.410. The lowest BCUT2D eigenvalue weighted by Gasteiger charge is -2.25. The summed E-state index contributed by atoms with van der Waals surface area (Å²) in [7, 11) is 0. The van der Waals surface area contributed by atoms with E-state index in [0.29, 0.717) is 13.1 Å². The normalized spacial score (nSPS) is 25.5. The summed E-state index contributed by atoms with van der Waals surface area (Å²) in [5, 5.41) is 31.2. The molecule has 3 atom stereocenters. The molecule has 6 heteroatoms. The van der Waals surface area contributed by atoms with Crippen LogP contribution in [0, 0.1) is 0 Å². The zero-order valence-electron chi connectivity index (χ0n) is 13.7. The number of amides is 1. The zero-order chi connectivity index (χ0) is 16.4. The summed E-state index contributed by atoms with van der Waals surface area (Å²) in [6.07, 6.45) is 6.20. The van der Waals surface area contributed by atoms with Gasteiger partial charge in [-0.15, -0.1) is 0 Å². The number of hydrogen-bond donors (Lipinski definition) is 4. The molecule has 1 aliphatic rings. The highest BCUT2D eigenvalue weighted by Crippen LogP contribution is 2.19. The van der Waals surface area contributed by atoms with Gasteiger partial charge in [-0.05, 0) is 19.4 Å². The Hall–Kier alpha value is -0.690. The molecule has 1 heterocycles. The molecule has 1 aliphatic heterocycles. The van der Waals surface area contributed by atoms with Crippen molar-refractivity contribution in [1.82, 2.24) is 10.2 Å². The van der Waals surface area contributed by atoms with Crippen LogP contribution in [0.2, 0.25) is 0 Å². The van der Waals surface area contributed by atoms with Gasteiger partial charge in [-0.3, -0.25) is 9.69 Å². The van der Waals surface area contributed by atoms with E-state index in [1.165, 1.54) is 26.2 Å². The van der Waals surface area contributed by atoms with E-state index in [4.69, 9.17) is 5.11 Å². The molecule has 0 aromatic heterocycles. The number of unbranched alkanes of at least 4 members (excludes halogenated alkanes) is 6. The van der Waals surface area contributed by atoms with E-state index in [-0.39, 0.29) is 18.6 Å². The van der Waals surface area contributed by atoms with Crippen LogP contribution in [-0.2, 0) is 4.79 Å². The van der Waals surface area contributed by atoms with Crippen LogP contribution >= 0.6 is 0 Å². The van der Waals surface area contributed by atoms with Gasteiger partial charge in [-0.2, -0.15) is 0 Å². The van der Waals surface area contributed by atoms with Crippen LogP contribution in [0.25, 0.3) is 0 Å². The van der Waals surface area contributed by atoms with Crippen LogP contribution in [0.1, 0.15) is 51.9 Å². The predicted octanol–water partition coefficient (Wildman–Crippen LogP) is 0.252. The van der Waals surface area contributed by atoms with Gasteiger partial charge < -0.3 is 20.6 Å². The third-order valence-corrected chi connectivity index (χ3v) is 4.34. The summed E-state index contributed by atoms with van der Waals surface area (Å²) < 4.78 is 0. The molecule has 1 rings (SSSR count). The summed E-state index contributed by atoms with van der Waals surface area (Å²) in [6, 6.07) is -0.191. The van der Waals surface area contributed by atoms with Gasteiger partial charge in [0, 0.05) is 26.6 Å². The molecule has 22 heavy (non-hydrogen) atoms. The molecule has 0 radical (unpaired) electrons. The molecule has 1 amide bonds. The molecule has 3 unspecified atom stereocenters. The molecule has 0 aromatic rings. The fraction of sp³-hybridized carbons (Fsp3) is 0.938. The Morgan fingerprint density at radius 3 is 2.27 bits per heavy atom. The summed E-state index contributed by atoms with van der Waals surface area (Å²) in [6.45, 7) is 3.44. The molecule has 1 fully saturated rings. The van der Waals surface area contributed by atoms with E-state index in [1.807, 2.05) is 0 Å². The largest absolute Gasteiger partial charge is 0.396 e. The van der Waals surface area contributed by atoms with Crippen LogP contribution in [-0.4, -0.2) is 70.6 Å². The Morgan fingerprint density at radius 2 is 1.68 bits per heavy atom. The summed E-state index contributed by atoms with van der Waals surface area (Å²) in [5.74, 6) is -0.114. The van der Waals surface area contributed by atoms with Gasteiger partial charge in [0.15, 0.2) is 0 Å². The third kappa shape index (κ3) is 7.05. The van der Waals surface area contributed by atoms with Gasteiger partial charge in [0.1, 0.15) is 0 Å². The maximum atomic E-state index is 11.0. The minimum absolute atomic E-state index is 0.114. The van der Waals surface area contributed by atoms with Crippen LogP contribution in [0.4, 0.5) is 0 Å². The van der Waals surface area contributed by atoms with Gasteiger partial charge in [-0.1, -0.05) is 32.1 Å². The highest BCUT2D eigenvalue weighted by Gasteiger charge is 2.39. The number of nitrogens with zero attached hydrogens (tertiary/aromatic N) is 1. The minimum Gasteiger partial charge on any atom is -0.396 e. The number of carbonyl (C=O) groups is 1. The predicted molar refractivity (Wildman–Crippen MR) is 85.5 cm³/mol. The topological polar surface area (TPSA) is 93.0 Å². The Morgan fingerprint density at radius 1 is 1.09 bits per heavy atom. The monoisotopic (exact) mass is 316 g/mol. The van der Waals surface area contributed by atoms with Crippen LogP contribution in [0.15, 0.2) is 0 Å². The van der Waals surface area contributed by atoms with Gasteiger partial charge in [0.05, 0.1) is 18.2 Å². The lowest BCUT2D eigenvalue weighted by molar-refractivity contribution is -0.119. The van der Waals surface area contributed by atoms with Crippen molar-refractivity contribution in [3.05, 3.63) is 0 Å². The van der Waals surface area contributed by atoms with Crippen molar-refractivity contribution >= 4 is 5.91 Å². The van der Waals surface area contributed by atoms with Gasteiger partial charge in [-0.25, -0.2) is 0 Å². The van der Waals surface area contributed by atoms with Gasteiger partial charge in [0.25, 0.3) is 0 Å². The minimum atomic E-state index is -0.787. The number of carbonyl (C=O) groups excluding carboxylic acids is 1. The smallest absolute Gasteiger partial charge is 0.216 e. The van der Waals surface area contributed by atoms with E-state index < -0.39 is 12.2 Å². The molecule has 0 aliphatic carbocycles. The number of likely N-dealkylation sites (tertiary alicyclic amines) is 1. The molecule has 6 nitrogen and oxygen atoms in total. The van der Waals surface area contributed by atoms with Crippen molar-refractivity contribution in [2.24, 2.45) is 0 Å². The SMILES string of the molecule is CC(=O)NCC1C(O)C(O)CN1CCCCCCCCCO. The first-order chi connectivity index (χ1) is 10.6. The Kier molecular flexibility index (Phi) is 9.63. The first kappa shape index (κ1) is 19.4. The van der Waals surface area contributed by atoms with E-state index in [1.54, 1.807) is 0 Å². The third-order valence-electron chi connectivity index (χ3n) is 4.34. The number of rotatable bonds is 11. The maximum absolute atomic E-state index is 11.0. The van der Waals surface area contributed by atoms with E-state index >= 15 is 0 Å². The molecule has 1 saturated heterocycles. The summed E-state index contributed by atoms with van der Waals surface area (Å²) >= 11 is 0. The number of hydrogen-bond acceptors (Lipinski definition) is 5. The lowest BCUT2D eigenvalue weighted by atomic mass is 10.1. The molecule has 0 saturated carbocycles. The van der Waals surface area contributed by atoms with Crippen molar-refractivity contribution in [2.75, 3.05) is 26.2 Å². The fourth-order valence-electron chi connectivity index (χ4n) is 3.02. The van der Waals surface area contributed by atoms with Crippen molar-refractivity contribution in [3.8, 4) is 0 Å². The average Bonchev–Trinajstić information content (AvgIpc) is 2.74. The Balaban J connectivity index is 2.17. The number of aliphatic hydroxyl groups excluding tert-OH is 3. The van der Waals surface area contributed by atoms with Crippen molar-refractivity contribution < 1.29 is 20.1 Å². The maximum Gasteiger partial charge on any atom is 0.216 e. The molecular formula is C16H32N2O4. The standard InChI is InChI=1S/C16H32N2O4/c1-13(20)17-11-14-16(22)15(21)12-18(14)9-7-5-3-2-4-6-8-10-19/h14-16,19,21-22H,2-12H2,1H3,(H,17,20). The number of aliphatic hydroxyl groups is 3. The number of β-amino-alcohol motifs (C(OH)–C–C–N with tert-alkyl or cyclic N) is 1. The van der Waals surface area contributed by atoms with Crippen molar-refractivity contribution in [1.29, 1.82) is 0 Å². The highest BCUT2D eigenvalue weighted by molar-refractivity contribution is 5.72. The molecular weight excluding hydrogens is 284 g/mol. The average molecular weight is 316 g/mol. The van der Waals surface area contributed by atoms with Crippen LogP contribution in [0.5, 0.6) is 0 Å². The van der Waals surface area contributed by atoms with Crippen molar-refractivity contribution in [2.45, 2.75) is 70.1 Å². The molecule has 0 spiro atoms.